The highest BCUT2D eigenvalue weighted by molar-refractivity contribution is 7.91. The number of hydrogen-bond donors (Lipinski definition) is 1. The number of rotatable bonds is 4. The maximum absolute atomic E-state index is 13.1. The Morgan fingerprint density at radius 2 is 1.96 bits per heavy atom. The largest absolute Gasteiger partial charge is 0.494 e. The molecule has 2 heterocycles. The fourth-order valence-corrected chi connectivity index (χ4v) is 4.82. The zero-order chi connectivity index (χ0) is 18.3. The Kier molecular flexibility index (Phi) is 4.03. The first kappa shape index (κ1) is 16.8. The van der Waals surface area contributed by atoms with Crippen molar-refractivity contribution >= 4 is 21.5 Å². The van der Waals surface area contributed by atoms with Gasteiger partial charge in [0.15, 0.2) is 5.78 Å². The average molecular weight is 370 g/mol. The van der Waals surface area contributed by atoms with Crippen LogP contribution in [-0.2, 0) is 9.84 Å². The Bertz CT molecular complexity index is 1040. The summed E-state index contributed by atoms with van der Waals surface area (Å²) >= 11 is 0. The van der Waals surface area contributed by atoms with E-state index in [1.165, 1.54) is 18.2 Å². The van der Waals surface area contributed by atoms with Gasteiger partial charge in [0.1, 0.15) is 11.6 Å². The molecule has 134 valence electrons. The molecule has 1 N–H and O–H groups in total. The van der Waals surface area contributed by atoms with Gasteiger partial charge in [0.2, 0.25) is 9.84 Å². The molecular weight excluding hydrogens is 352 g/mol. The zero-order valence-corrected chi connectivity index (χ0v) is 15.1. The molecule has 0 aromatic heterocycles. The molecule has 0 unspecified atom stereocenters. The minimum Gasteiger partial charge on any atom is -0.494 e. The molecule has 0 atom stereocenters. The molecule has 0 fully saturated rings. The van der Waals surface area contributed by atoms with Crippen molar-refractivity contribution < 1.29 is 17.9 Å². The SMILES string of the molecule is CCCOc1ccc2c(c1)C(=O)c1ccc(C3=NCCN3)cc1S2(=O)=O. The van der Waals surface area contributed by atoms with Crippen molar-refractivity contribution in [1.82, 2.24) is 5.32 Å². The number of benzene rings is 2. The maximum atomic E-state index is 13.1. The van der Waals surface area contributed by atoms with Crippen LogP contribution in [0, 0.1) is 0 Å². The van der Waals surface area contributed by atoms with Crippen LogP contribution in [0.4, 0.5) is 0 Å². The molecule has 2 aromatic rings. The second-order valence-electron chi connectivity index (χ2n) is 6.21. The Morgan fingerprint density at radius 1 is 1.12 bits per heavy atom. The summed E-state index contributed by atoms with van der Waals surface area (Å²) in [6.45, 7) is 3.86. The number of nitrogens with zero attached hydrogens (tertiary/aromatic N) is 1. The monoisotopic (exact) mass is 370 g/mol. The van der Waals surface area contributed by atoms with Crippen LogP contribution in [0.5, 0.6) is 5.75 Å². The molecule has 2 aliphatic heterocycles. The highest BCUT2D eigenvalue weighted by Gasteiger charge is 2.35. The number of amidine groups is 1. The molecule has 4 rings (SSSR count). The van der Waals surface area contributed by atoms with Gasteiger partial charge >= 0.3 is 0 Å². The quantitative estimate of drug-likeness (QED) is 0.761. The number of aliphatic imine (C=N–C) groups is 1. The van der Waals surface area contributed by atoms with Gasteiger partial charge in [0.25, 0.3) is 0 Å². The van der Waals surface area contributed by atoms with Gasteiger partial charge in [0, 0.05) is 23.2 Å². The minimum atomic E-state index is -3.78. The van der Waals surface area contributed by atoms with Gasteiger partial charge in [-0.1, -0.05) is 13.0 Å². The molecule has 0 saturated heterocycles. The number of nitrogens with one attached hydrogen (secondary N) is 1. The Balaban J connectivity index is 1.83. The van der Waals surface area contributed by atoms with E-state index in [1.54, 1.807) is 18.2 Å². The number of carbonyl (C=O) groups excluding carboxylic acids is 1. The molecule has 0 bridgehead atoms. The standard InChI is InChI=1S/C19H18N2O4S/c1-2-9-25-13-4-6-16-15(11-13)18(22)14-5-3-12(19-20-7-8-21-19)10-17(14)26(16,23)24/h3-6,10-11H,2,7-9H2,1H3,(H,20,21). The molecule has 0 aliphatic carbocycles. The molecule has 0 amide bonds. The molecule has 26 heavy (non-hydrogen) atoms. The molecule has 7 heteroatoms. The number of ketones is 1. The predicted octanol–water partition coefficient (Wildman–Crippen LogP) is 2.20. The summed E-state index contributed by atoms with van der Waals surface area (Å²) in [4.78, 5) is 17.3. The fourth-order valence-electron chi connectivity index (χ4n) is 3.16. The molecular formula is C19H18N2O4S. The lowest BCUT2D eigenvalue weighted by Crippen LogP contribution is -2.23. The van der Waals surface area contributed by atoms with Crippen molar-refractivity contribution in [3.05, 3.63) is 53.1 Å². The van der Waals surface area contributed by atoms with Crippen LogP contribution in [0.1, 0.15) is 34.8 Å². The maximum Gasteiger partial charge on any atom is 0.208 e. The summed E-state index contributed by atoms with van der Waals surface area (Å²) in [7, 11) is -3.78. The molecule has 6 nitrogen and oxygen atoms in total. The third-order valence-electron chi connectivity index (χ3n) is 4.42. The highest BCUT2D eigenvalue weighted by atomic mass is 32.2. The van der Waals surface area contributed by atoms with Gasteiger partial charge in [0.05, 0.1) is 22.9 Å². The first-order chi connectivity index (χ1) is 12.5. The van der Waals surface area contributed by atoms with Gasteiger partial charge < -0.3 is 10.1 Å². The van der Waals surface area contributed by atoms with Crippen molar-refractivity contribution in [2.24, 2.45) is 4.99 Å². The van der Waals surface area contributed by atoms with Gasteiger partial charge in [-0.05, 0) is 36.8 Å². The Morgan fingerprint density at radius 3 is 2.69 bits per heavy atom. The van der Waals surface area contributed by atoms with Crippen molar-refractivity contribution in [1.29, 1.82) is 0 Å². The van der Waals surface area contributed by atoms with E-state index in [0.29, 0.717) is 30.3 Å². The number of fused-ring (bicyclic) bond motifs is 2. The average Bonchev–Trinajstić information content (AvgIpc) is 3.19. The first-order valence-corrected chi connectivity index (χ1v) is 10.00. The Hall–Kier alpha value is -2.67. The number of hydrogen-bond acceptors (Lipinski definition) is 6. The van der Waals surface area contributed by atoms with Gasteiger partial charge in [-0.3, -0.25) is 9.79 Å². The smallest absolute Gasteiger partial charge is 0.208 e. The lowest BCUT2D eigenvalue weighted by atomic mass is 10.0. The van der Waals surface area contributed by atoms with E-state index in [0.717, 1.165) is 13.0 Å². The number of ether oxygens (including phenoxy) is 1. The van der Waals surface area contributed by atoms with Crippen molar-refractivity contribution in [3.8, 4) is 5.75 Å². The van der Waals surface area contributed by atoms with Crippen LogP contribution < -0.4 is 10.1 Å². The third kappa shape index (κ3) is 2.59. The zero-order valence-electron chi connectivity index (χ0n) is 14.3. The normalized spacial score (nSPS) is 17.1. The van der Waals surface area contributed by atoms with Crippen LogP contribution in [0.2, 0.25) is 0 Å². The van der Waals surface area contributed by atoms with Crippen LogP contribution in [0.3, 0.4) is 0 Å². The number of carbonyl (C=O) groups is 1. The van der Waals surface area contributed by atoms with Crippen molar-refractivity contribution in [3.63, 3.8) is 0 Å². The highest BCUT2D eigenvalue weighted by Crippen LogP contribution is 2.36. The van der Waals surface area contributed by atoms with E-state index in [-0.39, 0.29) is 26.7 Å². The molecule has 2 aliphatic rings. The second kappa shape index (κ2) is 6.25. The van der Waals surface area contributed by atoms with Crippen LogP contribution in [-0.4, -0.2) is 39.7 Å². The summed E-state index contributed by atoms with van der Waals surface area (Å²) in [5.74, 6) is 0.850. The lowest BCUT2D eigenvalue weighted by Gasteiger charge is -2.20. The predicted molar refractivity (Wildman–Crippen MR) is 97.0 cm³/mol. The van der Waals surface area contributed by atoms with Gasteiger partial charge in [-0.15, -0.1) is 0 Å². The van der Waals surface area contributed by atoms with E-state index in [2.05, 4.69) is 10.3 Å². The lowest BCUT2D eigenvalue weighted by molar-refractivity contribution is 0.103. The molecule has 0 radical (unpaired) electrons. The topological polar surface area (TPSA) is 84.8 Å². The third-order valence-corrected chi connectivity index (χ3v) is 6.27. The van der Waals surface area contributed by atoms with Crippen LogP contribution in [0.15, 0.2) is 51.2 Å². The minimum absolute atomic E-state index is 0.0253. The molecule has 0 saturated carbocycles. The van der Waals surface area contributed by atoms with E-state index in [9.17, 15) is 13.2 Å². The van der Waals surface area contributed by atoms with Gasteiger partial charge in [-0.25, -0.2) is 8.42 Å². The fraction of sp³-hybridized carbons (Fsp3) is 0.263. The molecule has 0 spiro atoms. The van der Waals surface area contributed by atoms with Gasteiger partial charge in [-0.2, -0.15) is 0 Å². The van der Waals surface area contributed by atoms with E-state index < -0.39 is 9.84 Å². The summed E-state index contributed by atoms with van der Waals surface area (Å²) in [6.07, 6.45) is 0.826. The van der Waals surface area contributed by atoms with E-state index in [4.69, 9.17) is 4.74 Å². The van der Waals surface area contributed by atoms with E-state index >= 15 is 0 Å². The Labute approximate surface area is 151 Å². The van der Waals surface area contributed by atoms with Crippen LogP contribution in [0.25, 0.3) is 0 Å². The summed E-state index contributed by atoms with van der Waals surface area (Å²) in [5.41, 5.74) is 1.02. The summed E-state index contributed by atoms with van der Waals surface area (Å²) in [5, 5.41) is 3.12. The number of sulfone groups is 1. The van der Waals surface area contributed by atoms with Crippen molar-refractivity contribution in [2.75, 3.05) is 19.7 Å². The van der Waals surface area contributed by atoms with E-state index in [1.807, 2.05) is 6.92 Å². The first-order valence-electron chi connectivity index (χ1n) is 8.52. The summed E-state index contributed by atoms with van der Waals surface area (Å²) in [6, 6.07) is 9.39. The molecule has 2 aromatic carbocycles. The van der Waals surface area contributed by atoms with Crippen LogP contribution >= 0.6 is 0 Å². The summed E-state index contributed by atoms with van der Waals surface area (Å²) < 4.78 is 31.7. The van der Waals surface area contributed by atoms with Crippen molar-refractivity contribution in [2.45, 2.75) is 23.1 Å². The second-order valence-corrected chi connectivity index (χ2v) is 8.09.